The molecular formula is C12H13F4O3S2-. The van der Waals surface area contributed by atoms with Crippen molar-refractivity contribution in [2.45, 2.75) is 42.4 Å². The predicted octanol–water partition coefficient (Wildman–Crippen LogP) is 3.82. The molecule has 1 rings (SSSR count). The molecule has 0 bridgehead atoms. The minimum absolute atomic E-state index is 0.218. The molecule has 21 heavy (non-hydrogen) atoms. The van der Waals surface area contributed by atoms with E-state index in [-0.39, 0.29) is 5.75 Å². The molecule has 0 unspecified atom stereocenters. The van der Waals surface area contributed by atoms with Gasteiger partial charge in [-0.15, -0.1) is 11.8 Å². The highest BCUT2D eigenvalue weighted by Gasteiger charge is 2.28. The quantitative estimate of drug-likeness (QED) is 0.248. The molecule has 0 aromatic heterocycles. The molecule has 0 aliphatic rings. The molecule has 3 nitrogen and oxygen atoms in total. The van der Waals surface area contributed by atoms with Crippen molar-refractivity contribution in [1.29, 1.82) is 0 Å². The second-order valence-corrected chi connectivity index (χ2v) is 6.70. The van der Waals surface area contributed by atoms with Crippen molar-refractivity contribution in [3.05, 3.63) is 23.3 Å². The van der Waals surface area contributed by atoms with Gasteiger partial charge < -0.3 is 4.55 Å². The number of halogens is 4. The molecule has 0 saturated heterocycles. The summed E-state index contributed by atoms with van der Waals surface area (Å²) in [5.41, 5.74) is 0. The van der Waals surface area contributed by atoms with E-state index in [0.717, 1.165) is 19.3 Å². The number of benzene rings is 1. The van der Waals surface area contributed by atoms with Crippen LogP contribution in [-0.2, 0) is 10.1 Å². The topological polar surface area (TPSA) is 57.2 Å². The standard InChI is InChI=1S/C12H14F4O3S2/c1-2-3-4-5-6-20-11-7(13)9(15)12(21(17,18)19)10(16)8(11)14/h2-6H2,1H3,(H,17,18,19)/p-1. The summed E-state index contributed by atoms with van der Waals surface area (Å²) in [6.07, 6.45) is 3.25. The third kappa shape index (κ3) is 4.33. The Morgan fingerprint density at radius 1 is 0.952 bits per heavy atom. The number of thioether (sulfide) groups is 1. The van der Waals surface area contributed by atoms with Crippen molar-refractivity contribution < 1.29 is 30.5 Å². The predicted molar refractivity (Wildman–Crippen MR) is 69.1 cm³/mol. The Kier molecular flexibility index (Phi) is 6.48. The number of rotatable bonds is 7. The fourth-order valence-electron chi connectivity index (χ4n) is 1.64. The Morgan fingerprint density at radius 2 is 1.48 bits per heavy atom. The number of hydrogen-bond donors (Lipinski definition) is 0. The maximum absolute atomic E-state index is 13.6. The summed E-state index contributed by atoms with van der Waals surface area (Å²) in [4.78, 5) is -3.07. The Bertz CT molecular complexity index is 588. The molecule has 0 amide bonds. The van der Waals surface area contributed by atoms with Gasteiger partial charge in [0.25, 0.3) is 0 Å². The summed E-state index contributed by atoms with van der Waals surface area (Å²) >= 11 is 0.545. The monoisotopic (exact) mass is 345 g/mol. The van der Waals surface area contributed by atoms with Crippen molar-refractivity contribution >= 4 is 21.9 Å². The summed E-state index contributed by atoms with van der Waals surface area (Å²) < 4.78 is 86.1. The minimum atomic E-state index is -5.65. The van der Waals surface area contributed by atoms with Gasteiger partial charge in [-0.2, -0.15) is 0 Å². The van der Waals surface area contributed by atoms with E-state index in [4.69, 9.17) is 0 Å². The zero-order chi connectivity index (χ0) is 16.2. The van der Waals surface area contributed by atoms with Crippen molar-refractivity contribution in [1.82, 2.24) is 0 Å². The van der Waals surface area contributed by atoms with Crippen LogP contribution in [-0.4, -0.2) is 18.7 Å². The van der Waals surface area contributed by atoms with E-state index in [2.05, 4.69) is 0 Å². The molecule has 120 valence electrons. The Hall–Kier alpha value is -0.800. The molecule has 0 saturated carbocycles. The highest BCUT2D eigenvalue weighted by molar-refractivity contribution is 7.99. The van der Waals surface area contributed by atoms with E-state index in [1.807, 2.05) is 6.92 Å². The molecule has 0 atom stereocenters. The summed E-state index contributed by atoms with van der Waals surface area (Å²) in [5, 5.41) is 0. The van der Waals surface area contributed by atoms with Crippen LogP contribution >= 0.6 is 11.8 Å². The van der Waals surface area contributed by atoms with E-state index in [9.17, 15) is 30.5 Å². The SMILES string of the molecule is CCCCCCSc1c(F)c(F)c(S(=O)(=O)[O-])c(F)c1F. The minimum Gasteiger partial charge on any atom is -0.744 e. The molecule has 1 aromatic carbocycles. The second-order valence-electron chi connectivity index (χ2n) is 4.28. The molecule has 0 fully saturated rings. The smallest absolute Gasteiger partial charge is 0.180 e. The van der Waals surface area contributed by atoms with Crippen molar-refractivity contribution in [3.8, 4) is 0 Å². The van der Waals surface area contributed by atoms with Crippen LogP contribution in [0, 0.1) is 23.3 Å². The van der Waals surface area contributed by atoms with Crippen LogP contribution in [0.4, 0.5) is 17.6 Å². The van der Waals surface area contributed by atoms with E-state index in [1.165, 1.54) is 0 Å². The van der Waals surface area contributed by atoms with E-state index in [1.54, 1.807) is 0 Å². The van der Waals surface area contributed by atoms with E-state index < -0.39 is 43.2 Å². The molecule has 1 aromatic rings. The van der Waals surface area contributed by atoms with Gasteiger partial charge in [-0.1, -0.05) is 26.2 Å². The van der Waals surface area contributed by atoms with Crippen LogP contribution in [0.2, 0.25) is 0 Å². The fraction of sp³-hybridized carbons (Fsp3) is 0.500. The number of hydrogen-bond acceptors (Lipinski definition) is 4. The lowest BCUT2D eigenvalue weighted by Gasteiger charge is -2.13. The normalized spacial score (nSPS) is 11.9. The van der Waals surface area contributed by atoms with Gasteiger partial charge in [0.1, 0.15) is 15.0 Å². The molecule has 0 aliphatic carbocycles. The average molecular weight is 345 g/mol. The summed E-state index contributed by atoms with van der Waals surface area (Å²) in [6.45, 7) is 1.97. The first kappa shape index (κ1) is 18.2. The maximum Gasteiger partial charge on any atom is 0.180 e. The van der Waals surface area contributed by atoms with Gasteiger partial charge in [0.2, 0.25) is 0 Å². The van der Waals surface area contributed by atoms with Crippen molar-refractivity contribution in [2.75, 3.05) is 5.75 Å². The van der Waals surface area contributed by atoms with Crippen LogP contribution in [0.1, 0.15) is 32.6 Å². The molecular weight excluding hydrogens is 332 g/mol. The van der Waals surface area contributed by atoms with Gasteiger partial charge >= 0.3 is 0 Å². The Labute approximate surface area is 124 Å². The molecule has 9 heteroatoms. The largest absolute Gasteiger partial charge is 0.744 e. The van der Waals surface area contributed by atoms with Crippen LogP contribution in [0.15, 0.2) is 9.79 Å². The Morgan fingerprint density at radius 3 is 1.90 bits per heavy atom. The average Bonchev–Trinajstić information content (AvgIpc) is 2.38. The molecule has 0 aliphatic heterocycles. The van der Waals surface area contributed by atoms with Crippen LogP contribution in [0.25, 0.3) is 0 Å². The summed E-state index contributed by atoms with van der Waals surface area (Å²) in [7, 11) is -5.65. The van der Waals surface area contributed by atoms with Crippen LogP contribution < -0.4 is 0 Å². The van der Waals surface area contributed by atoms with Gasteiger partial charge in [0.15, 0.2) is 23.3 Å². The molecule has 0 radical (unpaired) electrons. The third-order valence-corrected chi connectivity index (χ3v) is 4.68. The lowest BCUT2D eigenvalue weighted by atomic mass is 10.2. The van der Waals surface area contributed by atoms with Gasteiger partial charge in [0, 0.05) is 0 Å². The molecule has 0 spiro atoms. The van der Waals surface area contributed by atoms with Crippen molar-refractivity contribution in [3.63, 3.8) is 0 Å². The zero-order valence-corrected chi connectivity index (χ0v) is 12.7. The van der Waals surface area contributed by atoms with Gasteiger partial charge in [0.05, 0.1) is 4.90 Å². The maximum atomic E-state index is 13.6. The summed E-state index contributed by atoms with van der Waals surface area (Å²) in [6, 6.07) is 0. The van der Waals surface area contributed by atoms with Crippen LogP contribution in [0.5, 0.6) is 0 Å². The first-order chi connectivity index (χ1) is 9.71. The van der Waals surface area contributed by atoms with Gasteiger partial charge in [-0.3, -0.25) is 0 Å². The third-order valence-electron chi connectivity index (χ3n) is 2.68. The van der Waals surface area contributed by atoms with E-state index >= 15 is 0 Å². The highest BCUT2D eigenvalue weighted by atomic mass is 32.2. The number of unbranched alkanes of at least 4 members (excludes halogenated alkanes) is 3. The van der Waals surface area contributed by atoms with E-state index in [0.29, 0.717) is 18.2 Å². The first-order valence-electron chi connectivity index (χ1n) is 6.16. The molecule has 0 heterocycles. The highest BCUT2D eigenvalue weighted by Crippen LogP contribution is 2.33. The Balaban J connectivity index is 3.08. The fourth-order valence-corrected chi connectivity index (χ4v) is 3.24. The second kappa shape index (κ2) is 7.46. The first-order valence-corrected chi connectivity index (χ1v) is 8.55. The van der Waals surface area contributed by atoms with Gasteiger partial charge in [-0.25, -0.2) is 26.0 Å². The van der Waals surface area contributed by atoms with Crippen molar-refractivity contribution in [2.24, 2.45) is 0 Å². The molecule has 0 N–H and O–H groups in total. The lowest BCUT2D eigenvalue weighted by molar-refractivity contribution is 0.381. The lowest BCUT2D eigenvalue weighted by Crippen LogP contribution is -2.11. The van der Waals surface area contributed by atoms with Gasteiger partial charge in [-0.05, 0) is 12.2 Å². The van der Waals surface area contributed by atoms with Crippen LogP contribution in [0.3, 0.4) is 0 Å². The summed E-state index contributed by atoms with van der Waals surface area (Å²) in [5.74, 6) is -7.86. The zero-order valence-electron chi connectivity index (χ0n) is 11.1.